The Labute approximate surface area is 157 Å². The van der Waals surface area contributed by atoms with Crippen LogP contribution in [0.25, 0.3) is 16.6 Å². The summed E-state index contributed by atoms with van der Waals surface area (Å²) in [6.45, 7) is 3.75. The number of rotatable bonds is 3. The van der Waals surface area contributed by atoms with E-state index in [0.29, 0.717) is 22.3 Å². The lowest BCUT2D eigenvalue weighted by Gasteiger charge is -2.29. The average Bonchev–Trinajstić information content (AvgIpc) is 2.71. The number of hydrogen-bond donors (Lipinski definition) is 2. The number of benzene rings is 2. The summed E-state index contributed by atoms with van der Waals surface area (Å²) in [7, 11) is 1.69. The molecule has 0 amide bonds. The van der Waals surface area contributed by atoms with Gasteiger partial charge in [-0.25, -0.2) is 4.98 Å². The molecule has 2 heterocycles. The highest BCUT2D eigenvalue weighted by Crippen LogP contribution is 2.20. The number of fused-ring (bicyclic) bond motifs is 1. The van der Waals surface area contributed by atoms with E-state index >= 15 is 0 Å². The summed E-state index contributed by atoms with van der Waals surface area (Å²) in [4.78, 5) is 23.9. The number of nitrogen functional groups attached to an aromatic ring is 1. The van der Waals surface area contributed by atoms with E-state index in [9.17, 15) is 4.79 Å². The number of aromatic nitrogens is 2. The number of hydrogen-bond acceptors (Lipinski definition) is 6. The van der Waals surface area contributed by atoms with Crippen LogP contribution in [0.2, 0.25) is 0 Å². The van der Waals surface area contributed by atoms with E-state index in [4.69, 9.17) is 5.73 Å². The van der Waals surface area contributed by atoms with Crippen LogP contribution in [0.5, 0.6) is 0 Å². The van der Waals surface area contributed by atoms with Crippen LogP contribution in [0.4, 0.5) is 11.4 Å². The molecule has 1 fully saturated rings. The maximum atomic E-state index is 13.1. The van der Waals surface area contributed by atoms with Gasteiger partial charge in [-0.05, 0) is 36.4 Å². The maximum absolute atomic E-state index is 13.1. The predicted octanol–water partition coefficient (Wildman–Crippen LogP) is 1.43. The molecule has 27 heavy (non-hydrogen) atoms. The lowest BCUT2D eigenvalue weighted by Crippen LogP contribution is -2.43. The molecule has 0 bridgehead atoms. The molecule has 7 heteroatoms. The average molecular weight is 362 g/mol. The minimum atomic E-state index is -0.0962. The van der Waals surface area contributed by atoms with Gasteiger partial charge in [0.1, 0.15) is 6.33 Å². The topological polar surface area (TPSA) is 88.5 Å². The van der Waals surface area contributed by atoms with Crippen LogP contribution < -0.4 is 21.5 Å². The number of nitrogens with two attached hydrogens (primary N) is 1. The number of nitrogens with zero attached hydrogens (tertiary/aromatic N) is 4. The second-order valence-corrected chi connectivity index (χ2v) is 6.56. The van der Waals surface area contributed by atoms with Gasteiger partial charge in [0.2, 0.25) is 0 Å². The molecule has 3 aromatic rings. The Kier molecular flexibility index (Phi) is 4.60. The normalized spacial score (nSPS) is 14.9. The molecule has 7 nitrogen and oxygen atoms in total. The van der Waals surface area contributed by atoms with Crippen molar-refractivity contribution < 1.29 is 0 Å². The van der Waals surface area contributed by atoms with Crippen molar-refractivity contribution >= 4 is 28.5 Å². The molecule has 138 valence electrons. The van der Waals surface area contributed by atoms with Gasteiger partial charge in [-0.3, -0.25) is 14.4 Å². The van der Waals surface area contributed by atoms with Gasteiger partial charge in [-0.15, -0.1) is 0 Å². The molecule has 0 atom stereocenters. The minimum Gasteiger partial charge on any atom is -0.398 e. The molecule has 0 unspecified atom stereocenters. The number of aliphatic imine (C=N–C) groups is 1. The molecule has 1 aromatic heterocycles. The Morgan fingerprint density at radius 3 is 2.70 bits per heavy atom. The molecule has 0 aliphatic carbocycles. The second kappa shape index (κ2) is 7.20. The Hall–Kier alpha value is -3.19. The van der Waals surface area contributed by atoms with Crippen molar-refractivity contribution in [2.45, 2.75) is 0 Å². The Bertz CT molecular complexity index is 1070. The van der Waals surface area contributed by atoms with E-state index in [-0.39, 0.29) is 5.56 Å². The zero-order chi connectivity index (χ0) is 18.8. The number of piperazine rings is 1. The molecule has 1 aliphatic rings. The Balaban J connectivity index is 1.81. The Morgan fingerprint density at radius 2 is 1.93 bits per heavy atom. The first-order valence-electron chi connectivity index (χ1n) is 8.96. The summed E-state index contributed by atoms with van der Waals surface area (Å²) in [5, 5.41) is 3.95. The van der Waals surface area contributed by atoms with E-state index in [0.717, 1.165) is 37.4 Å². The first kappa shape index (κ1) is 17.2. The smallest absolute Gasteiger partial charge is 0.265 e. The largest absolute Gasteiger partial charge is 0.398 e. The van der Waals surface area contributed by atoms with Crippen molar-refractivity contribution in [3.05, 3.63) is 58.6 Å². The maximum Gasteiger partial charge on any atom is 0.265 e. The molecule has 0 saturated carbocycles. The number of anilines is 2. The van der Waals surface area contributed by atoms with Gasteiger partial charge in [0.05, 0.1) is 16.6 Å². The van der Waals surface area contributed by atoms with Crippen molar-refractivity contribution in [3.63, 3.8) is 0 Å². The highest BCUT2D eigenvalue weighted by atomic mass is 16.1. The first-order valence-corrected chi connectivity index (χ1v) is 8.96. The third-order valence-electron chi connectivity index (χ3n) is 4.84. The highest BCUT2D eigenvalue weighted by molar-refractivity contribution is 5.88. The van der Waals surface area contributed by atoms with Gasteiger partial charge in [-0.2, -0.15) is 0 Å². The van der Waals surface area contributed by atoms with Crippen LogP contribution in [-0.2, 0) is 0 Å². The van der Waals surface area contributed by atoms with Gasteiger partial charge in [0.15, 0.2) is 0 Å². The van der Waals surface area contributed by atoms with E-state index in [1.165, 1.54) is 0 Å². The first-order chi connectivity index (χ1) is 13.2. The molecule has 1 saturated heterocycles. The SMILES string of the molecule is CN=Cc1cc(-n2cnc3ccc(N4CCNCC4)cc3c2=O)ccc1N. The molecular formula is C20H22N6O. The third-order valence-corrected chi connectivity index (χ3v) is 4.84. The summed E-state index contributed by atoms with van der Waals surface area (Å²) in [5.41, 5.74) is 9.74. The standard InChI is InChI=1S/C20H22N6O/c1-22-12-14-10-16(2-4-18(14)21)26-13-24-19-5-3-15(11-17(19)20(26)27)25-8-6-23-7-9-25/h2-5,10-13,23H,6-9,21H2,1H3. The van der Waals surface area contributed by atoms with E-state index < -0.39 is 0 Å². The van der Waals surface area contributed by atoms with E-state index in [2.05, 4.69) is 20.2 Å². The molecule has 1 aliphatic heterocycles. The fraction of sp³-hybridized carbons (Fsp3) is 0.250. The quantitative estimate of drug-likeness (QED) is 0.543. The Morgan fingerprint density at radius 1 is 1.15 bits per heavy atom. The summed E-state index contributed by atoms with van der Waals surface area (Å²) in [6.07, 6.45) is 3.24. The van der Waals surface area contributed by atoms with Gasteiger partial charge < -0.3 is 16.0 Å². The fourth-order valence-electron chi connectivity index (χ4n) is 3.38. The van der Waals surface area contributed by atoms with Gasteiger partial charge in [0.25, 0.3) is 5.56 Å². The van der Waals surface area contributed by atoms with E-state index in [1.807, 2.05) is 30.3 Å². The third kappa shape index (κ3) is 3.29. The van der Waals surface area contributed by atoms with Gasteiger partial charge >= 0.3 is 0 Å². The van der Waals surface area contributed by atoms with Gasteiger partial charge in [0, 0.05) is 56.4 Å². The minimum absolute atomic E-state index is 0.0962. The highest BCUT2D eigenvalue weighted by Gasteiger charge is 2.13. The molecule has 4 rings (SSSR count). The molecule has 2 aromatic carbocycles. The van der Waals surface area contributed by atoms with Crippen LogP contribution in [-0.4, -0.2) is 49.0 Å². The van der Waals surface area contributed by atoms with Crippen molar-refractivity contribution in [2.75, 3.05) is 43.9 Å². The van der Waals surface area contributed by atoms with Crippen LogP contribution in [0.3, 0.4) is 0 Å². The van der Waals surface area contributed by atoms with Crippen LogP contribution in [0.15, 0.2) is 52.5 Å². The van der Waals surface area contributed by atoms with Crippen molar-refractivity contribution in [2.24, 2.45) is 4.99 Å². The monoisotopic (exact) mass is 362 g/mol. The summed E-state index contributed by atoms with van der Waals surface area (Å²) in [5.74, 6) is 0. The number of nitrogens with one attached hydrogen (secondary N) is 1. The molecule has 0 radical (unpaired) electrons. The lowest BCUT2D eigenvalue weighted by atomic mass is 10.1. The zero-order valence-electron chi connectivity index (χ0n) is 15.2. The molecular weight excluding hydrogens is 340 g/mol. The van der Waals surface area contributed by atoms with Crippen LogP contribution in [0, 0.1) is 0 Å². The predicted molar refractivity (Wildman–Crippen MR) is 110 cm³/mol. The summed E-state index contributed by atoms with van der Waals surface area (Å²) in [6, 6.07) is 11.3. The fourth-order valence-corrected chi connectivity index (χ4v) is 3.38. The lowest BCUT2D eigenvalue weighted by molar-refractivity contribution is 0.589. The van der Waals surface area contributed by atoms with Crippen molar-refractivity contribution in [3.8, 4) is 5.69 Å². The van der Waals surface area contributed by atoms with Crippen LogP contribution in [0.1, 0.15) is 5.56 Å². The summed E-state index contributed by atoms with van der Waals surface area (Å²) >= 11 is 0. The molecule has 3 N–H and O–H groups in total. The van der Waals surface area contributed by atoms with E-state index in [1.54, 1.807) is 30.2 Å². The zero-order valence-corrected chi connectivity index (χ0v) is 15.2. The van der Waals surface area contributed by atoms with Crippen LogP contribution >= 0.6 is 0 Å². The summed E-state index contributed by atoms with van der Waals surface area (Å²) < 4.78 is 1.55. The molecule has 0 spiro atoms. The van der Waals surface area contributed by atoms with Crippen molar-refractivity contribution in [1.29, 1.82) is 0 Å². The second-order valence-electron chi connectivity index (χ2n) is 6.56. The van der Waals surface area contributed by atoms with Gasteiger partial charge in [-0.1, -0.05) is 0 Å². The van der Waals surface area contributed by atoms with Crippen molar-refractivity contribution in [1.82, 2.24) is 14.9 Å².